The van der Waals surface area contributed by atoms with Gasteiger partial charge in [0.2, 0.25) is 11.8 Å². The van der Waals surface area contributed by atoms with Crippen molar-refractivity contribution in [3.8, 4) is 11.3 Å². The Morgan fingerprint density at radius 2 is 1.83 bits per heavy atom. The minimum Gasteiger partial charge on any atom is -0.358 e. The molecule has 30 heavy (non-hydrogen) atoms. The smallest absolute Gasteiger partial charge is 0.358 e. The fourth-order valence-corrected chi connectivity index (χ4v) is 2.72. The standard InChI is InChI=1S/C19H20ClF3N4O3/c1-24-16(28)10-25-17(29)11-27-15(3-2-8-19(21,22)23)26-14(9-18(27)30)12-4-6-13(20)7-5-12/h4-7,9H,2-3,8,10-11H2,1H3,(H,24,28)(H,25,29). The van der Waals surface area contributed by atoms with Gasteiger partial charge in [0.05, 0.1) is 12.2 Å². The maximum absolute atomic E-state index is 12.6. The highest BCUT2D eigenvalue weighted by atomic mass is 35.5. The highest BCUT2D eigenvalue weighted by molar-refractivity contribution is 6.30. The molecule has 0 atom stereocenters. The second-order valence-corrected chi connectivity index (χ2v) is 6.84. The number of aryl methyl sites for hydroxylation is 1. The molecule has 11 heteroatoms. The summed E-state index contributed by atoms with van der Waals surface area (Å²) in [6.07, 6.45) is -5.83. The molecule has 2 rings (SSSR count). The predicted octanol–water partition coefficient (Wildman–Crippen LogP) is 2.31. The number of nitrogens with zero attached hydrogens (tertiary/aromatic N) is 2. The number of halogens is 4. The number of carbonyl (C=O) groups is 2. The number of benzene rings is 1. The van der Waals surface area contributed by atoms with Crippen molar-refractivity contribution >= 4 is 23.4 Å². The molecule has 0 saturated heterocycles. The summed E-state index contributed by atoms with van der Waals surface area (Å²) >= 11 is 5.85. The molecule has 0 spiro atoms. The number of hydrogen-bond donors (Lipinski definition) is 2. The van der Waals surface area contributed by atoms with Crippen LogP contribution >= 0.6 is 11.6 Å². The minimum atomic E-state index is -4.34. The fourth-order valence-electron chi connectivity index (χ4n) is 2.60. The summed E-state index contributed by atoms with van der Waals surface area (Å²) in [5.74, 6) is -1.03. The molecule has 162 valence electrons. The normalized spacial score (nSPS) is 11.2. The van der Waals surface area contributed by atoms with Crippen molar-refractivity contribution in [3.05, 3.63) is 51.5 Å². The molecule has 2 amide bonds. The van der Waals surface area contributed by atoms with E-state index in [1.165, 1.54) is 13.1 Å². The minimum absolute atomic E-state index is 0.0480. The van der Waals surface area contributed by atoms with Gasteiger partial charge in [0, 0.05) is 36.5 Å². The molecular formula is C19H20ClF3N4O3. The van der Waals surface area contributed by atoms with Crippen LogP contribution in [0.2, 0.25) is 5.02 Å². The molecule has 0 unspecified atom stereocenters. The Morgan fingerprint density at radius 3 is 2.43 bits per heavy atom. The van der Waals surface area contributed by atoms with Crippen molar-refractivity contribution in [1.82, 2.24) is 20.2 Å². The zero-order valence-corrected chi connectivity index (χ0v) is 16.8. The molecule has 0 saturated carbocycles. The lowest BCUT2D eigenvalue weighted by atomic mass is 10.1. The summed E-state index contributed by atoms with van der Waals surface area (Å²) in [5.41, 5.74) is 0.234. The van der Waals surface area contributed by atoms with Gasteiger partial charge in [-0.25, -0.2) is 4.98 Å². The van der Waals surface area contributed by atoms with Crippen LogP contribution in [0.1, 0.15) is 18.7 Å². The number of likely N-dealkylation sites (N-methyl/N-ethyl adjacent to an activating group) is 1. The molecule has 1 aromatic heterocycles. The van der Waals surface area contributed by atoms with Crippen LogP contribution in [-0.4, -0.2) is 41.1 Å². The van der Waals surface area contributed by atoms with E-state index in [4.69, 9.17) is 11.6 Å². The molecule has 0 aliphatic heterocycles. The zero-order chi connectivity index (χ0) is 22.3. The van der Waals surface area contributed by atoms with Crippen LogP contribution in [-0.2, 0) is 22.6 Å². The average molecular weight is 445 g/mol. The van der Waals surface area contributed by atoms with E-state index in [2.05, 4.69) is 15.6 Å². The fraction of sp³-hybridized carbons (Fsp3) is 0.368. The van der Waals surface area contributed by atoms with E-state index in [1.807, 2.05) is 0 Å². The molecule has 0 bridgehead atoms. The number of aromatic nitrogens is 2. The molecule has 0 aliphatic carbocycles. The second kappa shape index (κ2) is 10.2. The molecule has 0 aliphatic rings. The van der Waals surface area contributed by atoms with E-state index in [1.54, 1.807) is 24.3 Å². The molecule has 0 radical (unpaired) electrons. The van der Waals surface area contributed by atoms with Crippen molar-refractivity contribution in [2.75, 3.05) is 13.6 Å². The Morgan fingerprint density at radius 1 is 1.17 bits per heavy atom. The summed E-state index contributed by atoms with van der Waals surface area (Å²) < 4.78 is 38.6. The van der Waals surface area contributed by atoms with Crippen LogP contribution in [0.5, 0.6) is 0 Å². The number of rotatable bonds is 8. The van der Waals surface area contributed by atoms with E-state index in [9.17, 15) is 27.6 Å². The SMILES string of the molecule is CNC(=O)CNC(=O)Cn1c(CCCC(F)(F)F)nc(-c2ccc(Cl)cc2)cc1=O. The molecule has 2 N–H and O–H groups in total. The first-order valence-electron chi connectivity index (χ1n) is 9.00. The monoisotopic (exact) mass is 444 g/mol. The van der Waals surface area contributed by atoms with Crippen LogP contribution in [0.3, 0.4) is 0 Å². The Kier molecular flexibility index (Phi) is 7.99. The quantitative estimate of drug-likeness (QED) is 0.653. The van der Waals surface area contributed by atoms with Gasteiger partial charge in [-0.1, -0.05) is 23.7 Å². The lowest BCUT2D eigenvalue weighted by molar-refractivity contribution is -0.135. The summed E-state index contributed by atoms with van der Waals surface area (Å²) in [4.78, 5) is 40.2. The van der Waals surface area contributed by atoms with Crippen molar-refractivity contribution < 1.29 is 22.8 Å². The van der Waals surface area contributed by atoms with E-state index in [0.29, 0.717) is 10.6 Å². The highest BCUT2D eigenvalue weighted by Crippen LogP contribution is 2.23. The third-order valence-corrected chi connectivity index (χ3v) is 4.37. The largest absolute Gasteiger partial charge is 0.389 e. The van der Waals surface area contributed by atoms with Crippen LogP contribution in [0, 0.1) is 0 Å². The van der Waals surface area contributed by atoms with Gasteiger partial charge in [-0.2, -0.15) is 13.2 Å². The van der Waals surface area contributed by atoms with Gasteiger partial charge < -0.3 is 10.6 Å². The highest BCUT2D eigenvalue weighted by Gasteiger charge is 2.26. The average Bonchev–Trinajstić information content (AvgIpc) is 2.68. The molecule has 2 aromatic rings. The Balaban J connectivity index is 2.31. The summed E-state index contributed by atoms with van der Waals surface area (Å²) in [6.45, 7) is -0.755. The Bertz CT molecular complexity index is 959. The Labute approximate surface area is 175 Å². The lowest BCUT2D eigenvalue weighted by Crippen LogP contribution is -2.39. The van der Waals surface area contributed by atoms with Gasteiger partial charge in [-0.05, 0) is 18.6 Å². The van der Waals surface area contributed by atoms with Crippen LogP contribution in [0.4, 0.5) is 13.2 Å². The summed E-state index contributed by atoms with van der Waals surface area (Å²) in [6, 6.07) is 7.65. The number of amides is 2. The van der Waals surface area contributed by atoms with Crippen LogP contribution < -0.4 is 16.2 Å². The third kappa shape index (κ3) is 7.18. The number of alkyl halides is 3. The molecule has 1 aromatic carbocycles. The number of carbonyl (C=O) groups excluding carboxylic acids is 2. The van der Waals surface area contributed by atoms with Crippen molar-refractivity contribution in [1.29, 1.82) is 0 Å². The summed E-state index contributed by atoms with van der Waals surface area (Å²) in [7, 11) is 1.40. The van der Waals surface area contributed by atoms with Gasteiger partial charge in [-0.3, -0.25) is 19.0 Å². The first-order valence-corrected chi connectivity index (χ1v) is 9.37. The number of nitrogens with one attached hydrogen (secondary N) is 2. The zero-order valence-electron chi connectivity index (χ0n) is 16.1. The maximum Gasteiger partial charge on any atom is 0.389 e. The Hall–Kier alpha value is -2.88. The van der Waals surface area contributed by atoms with Gasteiger partial charge in [0.25, 0.3) is 5.56 Å². The molecule has 1 heterocycles. The van der Waals surface area contributed by atoms with Crippen molar-refractivity contribution in [3.63, 3.8) is 0 Å². The van der Waals surface area contributed by atoms with E-state index >= 15 is 0 Å². The topological polar surface area (TPSA) is 93.1 Å². The van der Waals surface area contributed by atoms with E-state index in [-0.39, 0.29) is 30.9 Å². The predicted molar refractivity (Wildman–Crippen MR) is 105 cm³/mol. The van der Waals surface area contributed by atoms with Crippen molar-refractivity contribution in [2.45, 2.75) is 32.0 Å². The number of hydrogen-bond acceptors (Lipinski definition) is 4. The van der Waals surface area contributed by atoms with E-state index < -0.39 is 36.5 Å². The van der Waals surface area contributed by atoms with Gasteiger partial charge in [0.15, 0.2) is 0 Å². The molecular weight excluding hydrogens is 425 g/mol. The molecule has 7 nitrogen and oxygen atoms in total. The summed E-state index contributed by atoms with van der Waals surface area (Å²) in [5, 5.41) is 5.14. The first kappa shape index (κ1) is 23.4. The molecule has 0 fully saturated rings. The third-order valence-electron chi connectivity index (χ3n) is 4.11. The van der Waals surface area contributed by atoms with Crippen LogP contribution in [0.25, 0.3) is 11.3 Å². The lowest BCUT2D eigenvalue weighted by Gasteiger charge is -2.14. The van der Waals surface area contributed by atoms with Crippen LogP contribution in [0.15, 0.2) is 35.1 Å². The second-order valence-electron chi connectivity index (χ2n) is 6.41. The van der Waals surface area contributed by atoms with Gasteiger partial charge in [-0.15, -0.1) is 0 Å². The first-order chi connectivity index (χ1) is 14.1. The van der Waals surface area contributed by atoms with Gasteiger partial charge in [0.1, 0.15) is 12.4 Å². The van der Waals surface area contributed by atoms with Gasteiger partial charge >= 0.3 is 6.18 Å². The van der Waals surface area contributed by atoms with E-state index in [0.717, 1.165) is 4.57 Å². The maximum atomic E-state index is 12.6. The van der Waals surface area contributed by atoms with Crippen molar-refractivity contribution in [2.24, 2.45) is 0 Å².